The quantitative estimate of drug-likeness (QED) is 0.423. The van der Waals surface area contributed by atoms with Gasteiger partial charge >= 0.3 is 5.97 Å². The first-order valence-electron chi connectivity index (χ1n) is 5.32. The second-order valence-electron chi connectivity index (χ2n) is 5.28. The number of hydrogen-bond donors (Lipinski definition) is 0. The fourth-order valence-corrected chi connectivity index (χ4v) is 2.41. The van der Waals surface area contributed by atoms with Crippen LogP contribution in [0, 0.1) is 0 Å². The van der Waals surface area contributed by atoms with Crippen molar-refractivity contribution in [3.63, 3.8) is 0 Å². The van der Waals surface area contributed by atoms with Crippen LogP contribution >= 0.6 is 0 Å². The van der Waals surface area contributed by atoms with Gasteiger partial charge in [0.05, 0.1) is 13.0 Å². The van der Waals surface area contributed by atoms with Crippen LogP contribution in [0.4, 0.5) is 0 Å². The van der Waals surface area contributed by atoms with E-state index in [1.165, 1.54) is 0 Å². The largest absolute Gasteiger partial charge is 0.466 e. The predicted molar refractivity (Wildman–Crippen MR) is 63.5 cm³/mol. The van der Waals surface area contributed by atoms with Crippen molar-refractivity contribution in [2.24, 2.45) is 0 Å². The lowest BCUT2D eigenvalue weighted by Crippen LogP contribution is -2.47. The molecule has 0 aromatic rings. The smallest absolute Gasteiger partial charge is 0.312 e. The lowest BCUT2D eigenvalue weighted by molar-refractivity contribution is -0.144. The summed E-state index contributed by atoms with van der Waals surface area (Å²) in [5.74, 6) is -0.396. The SMILES string of the molecule is CCOC(=O)CC(=O)[Si](C)(C)C(C)(C)C. The van der Waals surface area contributed by atoms with Gasteiger partial charge in [-0.05, 0) is 12.0 Å². The molecule has 4 heteroatoms. The molecule has 15 heavy (non-hydrogen) atoms. The van der Waals surface area contributed by atoms with Crippen LogP contribution in [0.3, 0.4) is 0 Å². The molecular weight excluding hydrogens is 208 g/mol. The maximum absolute atomic E-state index is 12.0. The van der Waals surface area contributed by atoms with Crippen LogP contribution in [0.5, 0.6) is 0 Å². The molecular formula is C11H22O3Si. The van der Waals surface area contributed by atoms with Crippen LogP contribution in [-0.2, 0) is 14.3 Å². The number of rotatable bonds is 4. The highest BCUT2D eigenvalue weighted by Crippen LogP contribution is 2.36. The molecule has 0 amide bonds. The van der Waals surface area contributed by atoms with Gasteiger partial charge in [-0.15, -0.1) is 0 Å². The van der Waals surface area contributed by atoms with Crippen LogP contribution in [0.15, 0.2) is 0 Å². The van der Waals surface area contributed by atoms with E-state index in [1.54, 1.807) is 6.92 Å². The maximum Gasteiger partial charge on any atom is 0.312 e. The summed E-state index contributed by atoms with van der Waals surface area (Å²) in [5.41, 5.74) is 0. The first-order valence-corrected chi connectivity index (χ1v) is 8.32. The predicted octanol–water partition coefficient (Wildman–Crippen LogP) is 2.56. The Balaban J connectivity index is 4.52. The van der Waals surface area contributed by atoms with Gasteiger partial charge in [0.25, 0.3) is 0 Å². The van der Waals surface area contributed by atoms with Gasteiger partial charge < -0.3 is 9.53 Å². The Bertz CT molecular complexity index is 251. The third-order valence-electron chi connectivity index (χ3n) is 3.18. The molecule has 0 saturated heterocycles. The molecule has 0 radical (unpaired) electrons. The normalized spacial score (nSPS) is 12.4. The van der Waals surface area contributed by atoms with Crippen molar-refractivity contribution in [2.45, 2.75) is 52.2 Å². The molecule has 0 aliphatic rings. The molecule has 3 nitrogen and oxygen atoms in total. The van der Waals surface area contributed by atoms with Gasteiger partial charge in [-0.1, -0.05) is 33.9 Å². The Morgan fingerprint density at radius 1 is 1.20 bits per heavy atom. The van der Waals surface area contributed by atoms with E-state index < -0.39 is 14.0 Å². The monoisotopic (exact) mass is 230 g/mol. The standard InChI is InChI=1S/C11H22O3Si/c1-7-14-9(12)8-10(13)15(5,6)11(2,3)4/h7-8H2,1-6H3. The number of hydrogen-bond acceptors (Lipinski definition) is 3. The summed E-state index contributed by atoms with van der Waals surface area (Å²) >= 11 is 0. The van der Waals surface area contributed by atoms with Crippen molar-refractivity contribution in [1.29, 1.82) is 0 Å². The van der Waals surface area contributed by atoms with E-state index in [9.17, 15) is 9.59 Å². The van der Waals surface area contributed by atoms with Crippen molar-refractivity contribution < 1.29 is 14.3 Å². The summed E-state index contributed by atoms with van der Waals surface area (Å²) in [6.45, 7) is 12.3. The Kier molecular flexibility index (Phi) is 4.71. The van der Waals surface area contributed by atoms with Gasteiger partial charge in [-0.3, -0.25) is 4.79 Å². The van der Waals surface area contributed by atoms with Crippen molar-refractivity contribution in [2.75, 3.05) is 6.61 Å². The van der Waals surface area contributed by atoms with Gasteiger partial charge in [0.2, 0.25) is 0 Å². The van der Waals surface area contributed by atoms with Gasteiger partial charge in [0.1, 0.15) is 13.5 Å². The zero-order valence-corrected chi connectivity index (χ0v) is 11.6. The van der Waals surface area contributed by atoms with Gasteiger partial charge in [0, 0.05) is 0 Å². The van der Waals surface area contributed by atoms with E-state index in [0.29, 0.717) is 6.61 Å². The van der Waals surface area contributed by atoms with Crippen LogP contribution in [0.1, 0.15) is 34.1 Å². The Hall–Kier alpha value is -0.643. The Labute approximate surface area is 93.2 Å². The van der Waals surface area contributed by atoms with Crippen molar-refractivity contribution >= 4 is 19.4 Å². The van der Waals surface area contributed by atoms with Gasteiger partial charge in [0.15, 0.2) is 0 Å². The van der Waals surface area contributed by atoms with Crippen molar-refractivity contribution in [3.8, 4) is 0 Å². The van der Waals surface area contributed by atoms with E-state index in [1.807, 2.05) is 13.1 Å². The molecule has 0 aliphatic carbocycles. The molecule has 0 aliphatic heterocycles. The highest BCUT2D eigenvalue weighted by atomic mass is 28.3. The topological polar surface area (TPSA) is 43.4 Å². The molecule has 0 saturated carbocycles. The van der Waals surface area contributed by atoms with Crippen LogP contribution in [0.25, 0.3) is 0 Å². The molecule has 0 unspecified atom stereocenters. The molecule has 88 valence electrons. The summed E-state index contributed by atoms with van der Waals surface area (Å²) in [5, 5.41) is 0.0600. The summed E-state index contributed by atoms with van der Waals surface area (Å²) in [6.07, 6.45) is -0.0651. The number of carbonyl (C=O) groups excluding carboxylic acids is 2. The number of carbonyl (C=O) groups is 2. The van der Waals surface area contributed by atoms with Gasteiger partial charge in [-0.2, -0.15) is 0 Å². The number of esters is 1. The summed E-state index contributed by atoms with van der Waals surface area (Å²) in [4.78, 5) is 23.2. The van der Waals surface area contributed by atoms with E-state index in [2.05, 4.69) is 20.8 Å². The maximum atomic E-state index is 12.0. The second kappa shape index (κ2) is 4.92. The highest BCUT2D eigenvalue weighted by Gasteiger charge is 2.42. The minimum Gasteiger partial charge on any atom is -0.466 e. The first kappa shape index (κ1) is 14.4. The molecule has 0 rings (SSSR count). The summed E-state index contributed by atoms with van der Waals surface area (Å²) in [7, 11) is -2.04. The summed E-state index contributed by atoms with van der Waals surface area (Å²) in [6, 6.07) is 0. The van der Waals surface area contributed by atoms with Gasteiger partial charge in [-0.25, -0.2) is 0 Å². The lowest BCUT2D eigenvalue weighted by atomic mass is 10.2. The summed E-state index contributed by atoms with van der Waals surface area (Å²) < 4.78 is 4.78. The third-order valence-corrected chi connectivity index (χ3v) is 8.50. The zero-order chi connectivity index (χ0) is 12.3. The first-order chi connectivity index (χ1) is 6.63. The fourth-order valence-electron chi connectivity index (χ4n) is 0.982. The molecule has 0 heterocycles. The molecule has 0 spiro atoms. The average molecular weight is 230 g/mol. The minimum absolute atomic E-state index is 0.0173. The van der Waals surface area contributed by atoms with Crippen LogP contribution in [0.2, 0.25) is 18.1 Å². The number of ether oxygens (including phenoxy) is 1. The van der Waals surface area contributed by atoms with Crippen molar-refractivity contribution in [1.82, 2.24) is 0 Å². The van der Waals surface area contributed by atoms with Crippen LogP contribution < -0.4 is 0 Å². The zero-order valence-electron chi connectivity index (χ0n) is 10.6. The lowest BCUT2D eigenvalue weighted by Gasteiger charge is -2.34. The van der Waals surface area contributed by atoms with E-state index in [-0.39, 0.29) is 16.9 Å². The molecule has 0 N–H and O–H groups in total. The van der Waals surface area contributed by atoms with Crippen LogP contribution in [-0.4, -0.2) is 26.1 Å². The van der Waals surface area contributed by atoms with E-state index >= 15 is 0 Å². The minimum atomic E-state index is -2.04. The molecule has 0 aromatic carbocycles. The molecule has 0 fully saturated rings. The van der Waals surface area contributed by atoms with E-state index in [0.717, 1.165) is 0 Å². The molecule has 0 aromatic heterocycles. The van der Waals surface area contributed by atoms with Crippen molar-refractivity contribution in [3.05, 3.63) is 0 Å². The molecule has 0 atom stereocenters. The third kappa shape index (κ3) is 3.78. The second-order valence-corrected chi connectivity index (χ2v) is 10.6. The molecule has 0 bridgehead atoms. The Morgan fingerprint density at radius 2 is 1.67 bits per heavy atom. The highest BCUT2D eigenvalue weighted by molar-refractivity contribution is 7.06. The average Bonchev–Trinajstić information content (AvgIpc) is 2.02. The van der Waals surface area contributed by atoms with E-state index in [4.69, 9.17) is 4.74 Å². The Morgan fingerprint density at radius 3 is 2.00 bits per heavy atom. The fraction of sp³-hybridized carbons (Fsp3) is 0.818.